The van der Waals surface area contributed by atoms with E-state index in [1.54, 1.807) is 30.3 Å². The molecule has 0 bridgehead atoms. The SMILES string of the molecule is C[Si](CCOC(=O)[C@H](Cc1ccc(C(=O)O)cc1)NC(=O)c1c(Cl)cccc1Cl)(c1ccccc1)c1ccccc1. The van der Waals surface area contributed by atoms with E-state index in [1.165, 1.54) is 22.5 Å². The molecule has 210 valence electrons. The Hall–Kier alpha value is -3.91. The minimum absolute atomic E-state index is 0.0583. The number of hydrogen-bond donors (Lipinski definition) is 2. The molecule has 41 heavy (non-hydrogen) atoms. The Morgan fingerprint density at radius 2 is 1.34 bits per heavy atom. The number of ether oxygens (including phenoxy) is 1. The van der Waals surface area contributed by atoms with E-state index >= 15 is 0 Å². The van der Waals surface area contributed by atoms with Crippen molar-refractivity contribution in [1.29, 1.82) is 0 Å². The third kappa shape index (κ3) is 7.44. The van der Waals surface area contributed by atoms with Crippen LogP contribution in [0.3, 0.4) is 0 Å². The highest BCUT2D eigenvalue weighted by Gasteiger charge is 2.33. The van der Waals surface area contributed by atoms with Crippen molar-refractivity contribution >= 4 is 59.5 Å². The summed E-state index contributed by atoms with van der Waals surface area (Å²) in [5.41, 5.74) is 0.823. The summed E-state index contributed by atoms with van der Waals surface area (Å²) >= 11 is 12.5. The molecule has 2 N–H and O–H groups in total. The molecule has 1 atom stereocenters. The van der Waals surface area contributed by atoms with E-state index in [1.807, 2.05) is 36.4 Å². The van der Waals surface area contributed by atoms with Crippen LogP contribution in [0.1, 0.15) is 26.3 Å². The lowest BCUT2D eigenvalue weighted by atomic mass is 10.0. The normalized spacial score (nSPS) is 11.9. The second-order valence-electron chi connectivity index (χ2n) is 9.81. The number of esters is 1. The first-order valence-electron chi connectivity index (χ1n) is 13.0. The van der Waals surface area contributed by atoms with Gasteiger partial charge in [-0.05, 0) is 35.9 Å². The summed E-state index contributed by atoms with van der Waals surface area (Å²) in [5.74, 6) is -2.28. The van der Waals surface area contributed by atoms with Crippen molar-refractivity contribution < 1.29 is 24.2 Å². The Kier molecular flexibility index (Phi) is 9.99. The fraction of sp³-hybridized carbons (Fsp3) is 0.156. The van der Waals surface area contributed by atoms with Gasteiger partial charge in [0.25, 0.3) is 5.91 Å². The van der Waals surface area contributed by atoms with Gasteiger partial charge in [-0.15, -0.1) is 0 Å². The van der Waals surface area contributed by atoms with Gasteiger partial charge >= 0.3 is 11.9 Å². The zero-order valence-electron chi connectivity index (χ0n) is 22.3. The van der Waals surface area contributed by atoms with Crippen molar-refractivity contribution in [2.75, 3.05) is 6.61 Å². The molecule has 0 fully saturated rings. The molecule has 0 saturated heterocycles. The summed E-state index contributed by atoms with van der Waals surface area (Å²) in [6, 6.07) is 30.8. The summed E-state index contributed by atoms with van der Waals surface area (Å²) in [7, 11) is -2.25. The molecule has 0 saturated carbocycles. The topological polar surface area (TPSA) is 92.7 Å². The fourth-order valence-electron chi connectivity index (χ4n) is 4.68. The van der Waals surface area contributed by atoms with Crippen LogP contribution < -0.4 is 15.7 Å². The largest absolute Gasteiger partial charge is 0.478 e. The molecule has 4 rings (SSSR count). The van der Waals surface area contributed by atoms with Gasteiger partial charge in [0.1, 0.15) is 14.1 Å². The molecule has 0 unspecified atom stereocenters. The Morgan fingerprint density at radius 3 is 1.85 bits per heavy atom. The van der Waals surface area contributed by atoms with E-state index in [0.29, 0.717) is 11.6 Å². The maximum Gasteiger partial charge on any atom is 0.335 e. The van der Waals surface area contributed by atoms with Gasteiger partial charge in [-0.3, -0.25) is 4.79 Å². The molecule has 0 radical (unpaired) electrons. The molecular formula is C32H29Cl2NO5Si. The van der Waals surface area contributed by atoms with Crippen molar-refractivity contribution in [3.63, 3.8) is 0 Å². The number of rotatable bonds is 11. The van der Waals surface area contributed by atoms with E-state index in [-0.39, 0.29) is 34.2 Å². The minimum Gasteiger partial charge on any atom is -0.478 e. The van der Waals surface area contributed by atoms with Gasteiger partial charge < -0.3 is 15.2 Å². The molecule has 0 spiro atoms. The highest BCUT2D eigenvalue weighted by Crippen LogP contribution is 2.24. The highest BCUT2D eigenvalue weighted by atomic mass is 35.5. The molecule has 1 amide bonds. The number of carbonyl (C=O) groups excluding carboxylic acids is 2. The number of carboxylic acids is 1. The Bertz CT molecular complexity index is 1450. The molecule has 6 nitrogen and oxygen atoms in total. The molecule has 0 aliphatic heterocycles. The van der Waals surface area contributed by atoms with E-state index < -0.39 is 32.0 Å². The van der Waals surface area contributed by atoms with Crippen LogP contribution in [0.2, 0.25) is 22.6 Å². The second-order valence-corrected chi connectivity index (χ2v) is 14.9. The van der Waals surface area contributed by atoms with Crippen LogP contribution in [0.15, 0.2) is 103 Å². The first kappa shape index (κ1) is 30.1. The summed E-state index contributed by atoms with van der Waals surface area (Å²) in [5, 5.41) is 14.7. The predicted octanol–water partition coefficient (Wildman–Crippen LogP) is 5.47. The number of amides is 1. The van der Waals surface area contributed by atoms with Crippen molar-refractivity contribution in [3.8, 4) is 0 Å². The van der Waals surface area contributed by atoms with Crippen LogP contribution >= 0.6 is 23.2 Å². The smallest absolute Gasteiger partial charge is 0.335 e. The number of aromatic carboxylic acids is 1. The number of hydrogen-bond acceptors (Lipinski definition) is 4. The Balaban J connectivity index is 1.54. The summed E-state index contributed by atoms with van der Waals surface area (Å²) in [6.45, 7) is 2.40. The highest BCUT2D eigenvalue weighted by molar-refractivity contribution is 7.01. The Labute approximate surface area is 249 Å². The standard InChI is InChI=1S/C32H29Cl2NO5Si/c1-41(24-9-4-2-5-10-24,25-11-6-3-7-12-25)20-19-40-32(39)28(21-22-15-17-23(18-16-22)31(37)38)35-30(36)29-26(33)13-8-14-27(29)34/h2-18,28H,19-21H2,1H3,(H,35,36)(H,37,38)/t28-/m0/s1. The van der Waals surface area contributed by atoms with Gasteiger partial charge in [-0.2, -0.15) is 0 Å². The van der Waals surface area contributed by atoms with Crippen LogP contribution in [0.5, 0.6) is 0 Å². The van der Waals surface area contributed by atoms with Gasteiger partial charge in [0.2, 0.25) is 0 Å². The molecule has 0 aliphatic rings. The van der Waals surface area contributed by atoms with Gasteiger partial charge in [0.05, 0.1) is 27.8 Å². The van der Waals surface area contributed by atoms with Crippen LogP contribution in [-0.2, 0) is 16.0 Å². The first-order valence-corrected chi connectivity index (χ1v) is 16.5. The van der Waals surface area contributed by atoms with Crippen molar-refractivity contribution in [2.45, 2.75) is 25.1 Å². The quantitative estimate of drug-likeness (QED) is 0.175. The molecular weight excluding hydrogens is 577 g/mol. The maximum absolute atomic E-state index is 13.4. The molecule has 4 aromatic carbocycles. The van der Waals surface area contributed by atoms with E-state index in [4.69, 9.17) is 27.9 Å². The lowest BCUT2D eigenvalue weighted by Gasteiger charge is -2.29. The number of nitrogens with one attached hydrogen (secondary N) is 1. The van der Waals surface area contributed by atoms with E-state index in [9.17, 15) is 19.5 Å². The molecule has 9 heteroatoms. The zero-order chi connectivity index (χ0) is 29.4. The van der Waals surface area contributed by atoms with Crippen LogP contribution in [0, 0.1) is 0 Å². The predicted molar refractivity (Wildman–Crippen MR) is 164 cm³/mol. The third-order valence-electron chi connectivity index (χ3n) is 7.09. The average molecular weight is 607 g/mol. The van der Waals surface area contributed by atoms with Crippen molar-refractivity contribution in [3.05, 3.63) is 130 Å². The fourth-order valence-corrected chi connectivity index (χ4v) is 8.53. The van der Waals surface area contributed by atoms with Gasteiger partial charge in [0.15, 0.2) is 0 Å². The molecule has 0 aromatic heterocycles. The van der Waals surface area contributed by atoms with Gasteiger partial charge in [0, 0.05) is 6.42 Å². The number of carboxylic acid groups (broad SMARTS) is 1. The van der Waals surface area contributed by atoms with Gasteiger partial charge in [-0.1, -0.05) is 119 Å². The lowest BCUT2D eigenvalue weighted by Crippen LogP contribution is -2.56. The van der Waals surface area contributed by atoms with Crippen LogP contribution in [0.25, 0.3) is 0 Å². The van der Waals surface area contributed by atoms with Crippen LogP contribution in [0.4, 0.5) is 0 Å². The van der Waals surface area contributed by atoms with E-state index in [2.05, 4.69) is 36.1 Å². The third-order valence-corrected chi connectivity index (χ3v) is 12.1. The number of halogens is 2. The molecule has 0 heterocycles. The average Bonchev–Trinajstić information content (AvgIpc) is 2.97. The second kappa shape index (κ2) is 13.6. The zero-order valence-corrected chi connectivity index (χ0v) is 24.9. The minimum atomic E-state index is -2.25. The number of benzene rings is 4. The summed E-state index contributed by atoms with van der Waals surface area (Å²) < 4.78 is 5.80. The van der Waals surface area contributed by atoms with Crippen LogP contribution in [-0.4, -0.2) is 43.7 Å². The van der Waals surface area contributed by atoms with Crippen molar-refractivity contribution in [1.82, 2.24) is 5.32 Å². The monoisotopic (exact) mass is 605 g/mol. The summed E-state index contributed by atoms with van der Waals surface area (Å²) in [6.07, 6.45) is 0.0820. The molecule has 4 aromatic rings. The van der Waals surface area contributed by atoms with Gasteiger partial charge in [-0.25, -0.2) is 9.59 Å². The Morgan fingerprint density at radius 1 is 0.805 bits per heavy atom. The maximum atomic E-state index is 13.4. The molecule has 0 aliphatic carbocycles. The first-order chi connectivity index (χ1) is 19.7. The lowest BCUT2D eigenvalue weighted by molar-refractivity contribution is -0.145. The number of carbonyl (C=O) groups is 3. The van der Waals surface area contributed by atoms with E-state index in [0.717, 1.165) is 0 Å². The van der Waals surface area contributed by atoms with Crippen molar-refractivity contribution in [2.24, 2.45) is 0 Å². The summed E-state index contributed by atoms with van der Waals surface area (Å²) in [4.78, 5) is 37.9.